The van der Waals surface area contributed by atoms with Gasteiger partial charge in [-0.05, 0) is 31.4 Å². The first-order valence-electron chi connectivity index (χ1n) is 7.64. The van der Waals surface area contributed by atoms with Crippen LogP contribution in [0.4, 0.5) is 5.69 Å². The van der Waals surface area contributed by atoms with Gasteiger partial charge in [-0.1, -0.05) is 32.0 Å². The largest absolute Gasteiger partial charge is 0.343 e. The normalized spacial score (nSPS) is 22.4. The second-order valence-electron chi connectivity index (χ2n) is 6.01. The summed E-state index contributed by atoms with van der Waals surface area (Å²) in [6.45, 7) is 5.89. The highest BCUT2D eigenvalue weighted by Gasteiger charge is 2.31. The molecule has 0 radical (unpaired) electrons. The van der Waals surface area contributed by atoms with Crippen molar-refractivity contribution >= 4 is 17.5 Å². The van der Waals surface area contributed by atoms with E-state index in [2.05, 4.69) is 35.3 Å². The molecule has 2 amide bonds. The molecule has 0 aliphatic carbocycles. The Morgan fingerprint density at radius 3 is 2.41 bits per heavy atom. The van der Waals surface area contributed by atoms with Gasteiger partial charge in [0.1, 0.15) is 12.1 Å². The summed E-state index contributed by atoms with van der Waals surface area (Å²) >= 11 is 0. The maximum Gasteiger partial charge on any atom is 0.246 e. The minimum absolute atomic E-state index is 0.161. The molecule has 3 unspecified atom stereocenters. The minimum atomic E-state index is -0.590. The molecule has 4 N–H and O–H groups in total. The number of benzene rings is 1. The zero-order valence-corrected chi connectivity index (χ0v) is 13.2. The van der Waals surface area contributed by atoms with Crippen molar-refractivity contribution < 1.29 is 9.59 Å². The Hall–Kier alpha value is -1.92. The lowest BCUT2D eigenvalue weighted by Crippen LogP contribution is -2.49. The lowest BCUT2D eigenvalue weighted by Gasteiger charge is -2.17. The predicted octanol–water partition coefficient (Wildman–Crippen LogP) is 1.02. The number of amides is 2. The highest BCUT2D eigenvalue weighted by molar-refractivity contribution is 5.97. The fourth-order valence-electron chi connectivity index (χ4n) is 2.34. The lowest BCUT2D eigenvalue weighted by atomic mass is 9.99. The van der Waals surface area contributed by atoms with Crippen LogP contribution in [-0.4, -0.2) is 29.9 Å². The van der Waals surface area contributed by atoms with Crippen molar-refractivity contribution in [2.24, 2.45) is 5.92 Å². The lowest BCUT2D eigenvalue weighted by molar-refractivity contribution is -0.127. The summed E-state index contributed by atoms with van der Waals surface area (Å²) in [4.78, 5) is 24.3. The second kappa shape index (κ2) is 7.38. The first kappa shape index (κ1) is 16.5. The number of carbonyl (C=O) groups excluding carboxylic acids is 2. The van der Waals surface area contributed by atoms with Crippen molar-refractivity contribution in [3.63, 3.8) is 0 Å². The Labute approximate surface area is 131 Å². The highest BCUT2D eigenvalue weighted by Crippen LogP contribution is 2.13. The van der Waals surface area contributed by atoms with Crippen molar-refractivity contribution in [3.05, 3.63) is 30.3 Å². The summed E-state index contributed by atoms with van der Waals surface area (Å²) in [7, 11) is 0. The van der Waals surface area contributed by atoms with E-state index in [0.29, 0.717) is 11.6 Å². The third kappa shape index (κ3) is 4.29. The molecule has 3 atom stereocenters. The van der Waals surface area contributed by atoms with Crippen LogP contribution in [0, 0.1) is 5.92 Å². The Bertz CT molecular complexity index is 518. The van der Waals surface area contributed by atoms with E-state index in [-0.39, 0.29) is 23.9 Å². The number of hydrogen-bond acceptors (Lipinski definition) is 4. The van der Waals surface area contributed by atoms with Crippen LogP contribution in [0.25, 0.3) is 0 Å². The second-order valence-corrected chi connectivity index (χ2v) is 6.01. The summed E-state index contributed by atoms with van der Waals surface area (Å²) in [6, 6.07) is 8.56. The standard InChI is InChI=1S/C16H24N4O2/c1-10(2)13-9-14(20-19-13)16(22)17-11(3)15(21)18-12-7-5-4-6-8-12/h4-8,10-11,13-14,19-20H,9H2,1-3H3,(H,17,22)(H,18,21). The Morgan fingerprint density at radius 2 is 1.82 bits per heavy atom. The predicted molar refractivity (Wildman–Crippen MR) is 86.0 cm³/mol. The Balaban J connectivity index is 1.82. The van der Waals surface area contributed by atoms with Gasteiger partial charge in [-0.15, -0.1) is 0 Å². The van der Waals surface area contributed by atoms with E-state index in [1.807, 2.05) is 30.3 Å². The first-order chi connectivity index (χ1) is 10.5. The van der Waals surface area contributed by atoms with Crippen molar-refractivity contribution in [2.45, 2.75) is 45.3 Å². The summed E-state index contributed by atoms with van der Waals surface area (Å²) in [5.41, 5.74) is 6.82. The zero-order chi connectivity index (χ0) is 16.1. The van der Waals surface area contributed by atoms with Gasteiger partial charge in [0.25, 0.3) is 0 Å². The molecule has 120 valence electrons. The van der Waals surface area contributed by atoms with Crippen LogP contribution in [0.2, 0.25) is 0 Å². The van der Waals surface area contributed by atoms with Crippen LogP contribution in [0.1, 0.15) is 27.2 Å². The number of hydrazine groups is 1. The van der Waals surface area contributed by atoms with Gasteiger partial charge in [-0.25, -0.2) is 5.43 Å². The van der Waals surface area contributed by atoms with Crippen molar-refractivity contribution in [2.75, 3.05) is 5.32 Å². The molecule has 0 spiro atoms. The van der Waals surface area contributed by atoms with Crippen molar-refractivity contribution in [3.8, 4) is 0 Å². The molecule has 0 saturated carbocycles. The maximum absolute atomic E-state index is 12.2. The zero-order valence-electron chi connectivity index (χ0n) is 13.2. The van der Waals surface area contributed by atoms with Crippen LogP contribution in [0.5, 0.6) is 0 Å². The summed E-state index contributed by atoms with van der Waals surface area (Å²) < 4.78 is 0. The van der Waals surface area contributed by atoms with Gasteiger partial charge >= 0.3 is 0 Å². The molecule has 22 heavy (non-hydrogen) atoms. The third-order valence-corrected chi connectivity index (χ3v) is 3.85. The topological polar surface area (TPSA) is 82.3 Å². The van der Waals surface area contributed by atoms with E-state index in [4.69, 9.17) is 0 Å². The Kier molecular flexibility index (Phi) is 5.51. The van der Waals surface area contributed by atoms with E-state index < -0.39 is 6.04 Å². The molecule has 6 nitrogen and oxygen atoms in total. The number of nitrogens with one attached hydrogen (secondary N) is 4. The van der Waals surface area contributed by atoms with Crippen LogP contribution >= 0.6 is 0 Å². The van der Waals surface area contributed by atoms with Crippen molar-refractivity contribution in [1.82, 2.24) is 16.2 Å². The number of anilines is 1. The molecule has 1 aromatic carbocycles. The molecule has 1 aliphatic rings. The first-order valence-corrected chi connectivity index (χ1v) is 7.64. The van der Waals surface area contributed by atoms with E-state index in [1.165, 1.54) is 0 Å². The van der Waals surface area contributed by atoms with Crippen LogP contribution in [0.3, 0.4) is 0 Å². The highest BCUT2D eigenvalue weighted by atomic mass is 16.2. The monoisotopic (exact) mass is 304 g/mol. The van der Waals surface area contributed by atoms with E-state index >= 15 is 0 Å². The molecule has 1 aliphatic heterocycles. The van der Waals surface area contributed by atoms with E-state index in [9.17, 15) is 9.59 Å². The van der Waals surface area contributed by atoms with Crippen LogP contribution in [0.15, 0.2) is 30.3 Å². The molecule has 1 fully saturated rings. The van der Waals surface area contributed by atoms with Crippen LogP contribution in [-0.2, 0) is 9.59 Å². The van der Waals surface area contributed by atoms with Gasteiger partial charge in [0.15, 0.2) is 0 Å². The van der Waals surface area contributed by atoms with E-state index in [0.717, 1.165) is 6.42 Å². The Morgan fingerprint density at radius 1 is 1.14 bits per heavy atom. The van der Waals surface area contributed by atoms with Crippen molar-refractivity contribution in [1.29, 1.82) is 0 Å². The molecular formula is C16H24N4O2. The number of para-hydroxylation sites is 1. The average Bonchev–Trinajstić information content (AvgIpc) is 2.98. The number of carbonyl (C=O) groups is 2. The van der Waals surface area contributed by atoms with Gasteiger partial charge in [0.2, 0.25) is 11.8 Å². The van der Waals surface area contributed by atoms with Gasteiger partial charge in [-0.3, -0.25) is 15.0 Å². The smallest absolute Gasteiger partial charge is 0.246 e. The molecule has 1 heterocycles. The molecule has 1 aromatic rings. The number of rotatable bonds is 5. The van der Waals surface area contributed by atoms with Gasteiger partial charge in [0.05, 0.1) is 0 Å². The molecule has 2 rings (SSSR count). The fraction of sp³-hybridized carbons (Fsp3) is 0.500. The van der Waals surface area contributed by atoms with E-state index in [1.54, 1.807) is 6.92 Å². The van der Waals surface area contributed by atoms with Gasteiger partial charge in [0, 0.05) is 11.7 Å². The summed E-state index contributed by atoms with van der Waals surface area (Å²) in [5, 5.41) is 5.52. The molecule has 1 saturated heterocycles. The number of hydrogen-bond donors (Lipinski definition) is 4. The minimum Gasteiger partial charge on any atom is -0.343 e. The summed E-state index contributed by atoms with van der Waals surface area (Å²) in [5.74, 6) is 0.0568. The van der Waals surface area contributed by atoms with Gasteiger partial charge < -0.3 is 10.6 Å². The average molecular weight is 304 g/mol. The molecule has 0 aromatic heterocycles. The SMILES string of the molecule is CC(NC(=O)C1CC(C(C)C)NN1)C(=O)Nc1ccccc1. The molecule has 0 bridgehead atoms. The molecular weight excluding hydrogens is 280 g/mol. The van der Waals surface area contributed by atoms with Gasteiger partial charge in [-0.2, -0.15) is 0 Å². The fourth-order valence-corrected chi connectivity index (χ4v) is 2.34. The quantitative estimate of drug-likeness (QED) is 0.655. The molecule has 6 heteroatoms. The third-order valence-electron chi connectivity index (χ3n) is 3.85. The maximum atomic E-state index is 12.2. The summed E-state index contributed by atoms with van der Waals surface area (Å²) in [6.07, 6.45) is 0.719. The van der Waals surface area contributed by atoms with Crippen LogP contribution < -0.4 is 21.5 Å².